The van der Waals surface area contributed by atoms with Crippen molar-refractivity contribution in [2.24, 2.45) is 0 Å². The largest absolute Gasteiger partial charge is 0.368 e. The molecule has 4 N–H and O–H groups in total. The van der Waals surface area contributed by atoms with Crippen molar-refractivity contribution in [1.82, 2.24) is 15.5 Å². The Kier molecular flexibility index (Phi) is 4.43. The first kappa shape index (κ1) is 15.9. The maximum Gasteiger partial charge on any atom is 0.272 e. The number of aromatic amines is 2. The molecule has 0 radical (unpaired) electrons. The quantitative estimate of drug-likeness (QED) is 0.596. The molecule has 1 aliphatic heterocycles. The van der Waals surface area contributed by atoms with Gasteiger partial charge in [0, 0.05) is 6.61 Å². The number of ether oxygens (including phenoxy) is 1. The lowest BCUT2D eigenvalue weighted by Crippen LogP contribution is -2.39. The molecule has 1 aliphatic rings. The highest BCUT2D eigenvalue weighted by Gasteiger charge is 2.23. The van der Waals surface area contributed by atoms with E-state index in [4.69, 9.17) is 4.74 Å². The molecule has 0 unspecified atom stereocenters. The number of aromatic nitrogens is 2. The van der Waals surface area contributed by atoms with Crippen molar-refractivity contribution in [2.45, 2.75) is 18.9 Å². The van der Waals surface area contributed by atoms with Crippen molar-refractivity contribution in [3.63, 3.8) is 0 Å². The summed E-state index contributed by atoms with van der Waals surface area (Å²) < 4.78 is 5.22. The van der Waals surface area contributed by atoms with Crippen molar-refractivity contribution in [3.8, 4) is 0 Å². The molecular formula is C15H16N4O5. The molecule has 9 nitrogen and oxygen atoms in total. The minimum absolute atomic E-state index is 0.0834. The monoisotopic (exact) mass is 332 g/mol. The minimum Gasteiger partial charge on any atom is -0.368 e. The summed E-state index contributed by atoms with van der Waals surface area (Å²) >= 11 is 0. The summed E-state index contributed by atoms with van der Waals surface area (Å²) in [6, 6.07) is 4.55. The fraction of sp³-hybridized carbons (Fsp3) is 0.333. The number of amides is 2. The average molecular weight is 332 g/mol. The summed E-state index contributed by atoms with van der Waals surface area (Å²) in [6.45, 7) is 0.286. The van der Waals surface area contributed by atoms with Crippen LogP contribution in [0.15, 0.2) is 27.8 Å². The topological polar surface area (TPSA) is 133 Å². The summed E-state index contributed by atoms with van der Waals surface area (Å²) in [5.74, 6) is -0.844. The van der Waals surface area contributed by atoms with Crippen LogP contribution in [0.2, 0.25) is 0 Å². The van der Waals surface area contributed by atoms with E-state index in [1.54, 1.807) is 6.07 Å². The SMILES string of the molecule is O=C(CNC(=O)[C@@H]1CCCO1)Nc1cccc2c(=O)[nH][nH]c(=O)c12. The molecule has 0 saturated carbocycles. The predicted octanol–water partition coefficient (Wildman–Crippen LogP) is -0.550. The van der Waals surface area contributed by atoms with E-state index in [1.165, 1.54) is 12.1 Å². The number of hydrogen-bond acceptors (Lipinski definition) is 5. The van der Waals surface area contributed by atoms with Crippen molar-refractivity contribution < 1.29 is 14.3 Å². The first-order chi connectivity index (χ1) is 11.6. The highest BCUT2D eigenvalue weighted by atomic mass is 16.5. The lowest BCUT2D eigenvalue weighted by molar-refractivity contribution is -0.131. The van der Waals surface area contributed by atoms with E-state index in [0.717, 1.165) is 6.42 Å². The van der Waals surface area contributed by atoms with Gasteiger partial charge in [0.05, 0.1) is 23.0 Å². The molecule has 2 aromatic rings. The van der Waals surface area contributed by atoms with E-state index >= 15 is 0 Å². The van der Waals surface area contributed by atoms with Crippen LogP contribution in [-0.2, 0) is 14.3 Å². The Hall–Kier alpha value is -2.94. The molecule has 24 heavy (non-hydrogen) atoms. The zero-order chi connectivity index (χ0) is 17.1. The van der Waals surface area contributed by atoms with Gasteiger partial charge in [0.15, 0.2) is 0 Å². The second-order valence-electron chi connectivity index (χ2n) is 5.40. The van der Waals surface area contributed by atoms with Gasteiger partial charge in [-0.1, -0.05) is 6.07 Å². The number of carbonyl (C=O) groups excluding carboxylic acids is 2. The van der Waals surface area contributed by atoms with E-state index in [-0.39, 0.29) is 28.9 Å². The molecule has 1 aromatic carbocycles. The number of anilines is 1. The van der Waals surface area contributed by atoms with Gasteiger partial charge < -0.3 is 15.4 Å². The number of hydrogen-bond donors (Lipinski definition) is 4. The second-order valence-corrected chi connectivity index (χ2v) is 5.40. The molecule has 1 atom stereocenters. The Balaban J connectivity index is 1.72. The van der Waals surface area contributed by atoms with Crippen molar-refractivity contribution in [3.05, 3.63) is 38.9 Å². The molecule has 1 aromatic heterocycles. The molecule has 1 fully saturated rings. The third-order valence-electron chi connectivity index (χ3n) is 3.75. The summed E-state index contributed by atoms with van der Waals surface area (Å²) in [6.07, 6.45) is 0.934. The molecule has 0 aliphatic carbocycles. The first-order valence-corrected chi connectivity index (χ1v) is 7.49. The number of nitrogens with one attached hydrogen (secondary N) is 4. The minimum atomic E-state index is -0.524. The van der Waals surface area contributed by atoms with Gasteiger partial charge in [-0.25, -0.2) is 0 Å². The van der Waals surface area contributed by atoms with Crippen LogP contribution >= 0.6 is 0 Å². The van der Waals surface area contributed by atoms with Gasteiger partial charge in [-0.05, 0) is 25.0 Å². The fourth-order valence-electron chi connectivity index (χ4n) is 2.59. The van der Waals surface area contributed by atoms with E-state index < -0.39 is 23.1 Å². The Morgan fingerprint density at radius 3 is 2.75 bits per heavy atom. The molecule has 3 rings (SSSR count). The number of H-pyrrole nitrogens is 2. The van der Waals surface area contributed by atoms with E-state index in [9.17, 15) is 19.2 Å². The summed E-state index contributed by atoms with van der Waals surface area (Å²) in [5.41, 5.74) is -0.785. The summed E-state index contributed by atoms with van der Waals surface area (Å²) in [5, 5.41) is 9.70. The Labute approximate surface area is 135 Å². The van der Waals surface area contributed by atoms with Crippen LogP contribution in [0.3, 0.4) is 0 Å². The highest BCUT2D eigenvalue weighted by molar-refractivity contribution is 6.02. The Morgan fingerprint density at radius 1 is 1.21 bits per heavy atom. The standard InChI is InChI=1S/C15H16N4O5/c20-11(7-16-14(22)10-5-2-6-24-10)17-9-4-1-3-8-12(9)15(23)19-18-13(8)21/h1,3-4,10H,2,5-7H2,(H,16,22)(H,17,20)(H,18,21)(H,19,23)/t10-/m0/s1. The molecule has 0 spiro atoms. The zero-order valence-corrected chi connectivity index (χ0v) is 12.7. The van der Waals surface area contributed by atoms with Gasteiger partial charge in [0.1, 0.15) is 6.10 Å². The fourth-order valence-corrected chi connectivity index (χ4v) is 2.59. The van der Waals surface area contributed by atoms with Gasteiger partial charge in [0.25, 0.3) is 11.1 Å². The number of rotatable bonds is 4. The van der Waals surface area contributed by atoms with Crippen LogP contribution in [0.1, 0.15) is 12.8 Å². The summed E-state index contributed by atoms with van der Waals surface area (Å²) in [4.78, 5) is 47.4. The molecule has 2 amide bonds. The van der Waals surface area contributed by atoms with Gasteiger partial charge in [-0.3, -0.25) is 29.4 Å². The van der Waals surface area contributed by atoms with Gasteiger partial charge >= 0.3 is 0 Å². The van der Waals surface area contributed by atoms with Gasteiger partial charge in [0.2, 0.25) is 11.8 Å². The van der Waals surface area contributed by atoms with Crippen LogP contribution in [0.25, 0.3) is 10.8 Å². The van der Waals surface area contributed by atoms with E-state index in [2.05, 4.69) is 20.8 Å². The normalized spacial score (nSPS) is 16.9. The zero-order valence-electron chi connectivity index (χ0n) is 12.7. The molecule has 0 bridgehead atoms. The second kappa shape index (κ2) is 6.67. The summed E-state index contributed by atoms with van der Waals surface area (Å²) in [7, 11) is 0. The first-order valence-electron chi connectivity index (χ1n) is 7.49. The average Bonchev–Trinajstić information content (AvgIpc) is 3.11. The smallest absolute Gasteiger partial charge is 0.272 e. The van der Waals surface area contributed by atoms with Crippen molar-refractivity contribution >= 4 is 28.3 Å². The Morgan fingerprint density at radius 2 is 2.00 bits per heavy atom. The van der Waals surface area contributed by atoms with E-state index in [1.807, 2.05) is 0 Å². The molecular weight excluding hydrogens is 316 g/mol. The van der Waals surface area contributed by atoms with Gasteiger partial charge in [-0.2, -0.15) is 0 Å². The van der Waals surface area contributed by atoms with Crippen molar-refractivity contribution in [1.29, 1.82) is 0 Å². The third kappa shape index (κ3) is 3.20. The lowest BCUT2D eigenvalue weighted by atomic mass is 10.1. The number of carbonyl (C=O) groups is 2. The number of fused-ring (bicyclic) bond motifs is 1. The lowest BCUT2D eigenvalue weighted by Gasteiger charge is -2.11. The van der Waals surface area contributed by atoms with Gasteiger partial charge in [-0.15, -0.1) is 0 Å². The van der Waals surface area contributed by atoms with E-state index in [0.29, 0.717) is 13.0 Å². The Bertz CT molecular complexity index is 895. The third-order valence-corrected chi connectivity index (χ3v) is 3.75. The van der Waals surface area contributed by atoms with Crippen LogP contribution in [0, 0.1) is 0 Å². The highest BCUT2D eigenvalue weighted by Crippen LogP contribution is 2.16. The number of benzene rings is 1. The predicted molar refractivity (Wildman–Crippen MR) is 85.8 cm³/mol. The van der Waals surface area contributed by atoms with Crippen LogP contribution in [0.5, 0.6) is 0 Å². The van der Waals surface area contributed by atoms with Crippen LogP contribution in [0.4, 0.5) is 5.69 Å². The molecule has 126 valence electrons. The maximum atomic E-state index is 12.0. The van der Waals surface area contributed by atoms with Crippen LogP contribution < -0.4 is 21.8 Å². The maximum absolute atomic E-state index is 12.0. The molecule has 9 heteroatoms. The van der Waals surface area contributed by atoms with Crippen LogP contribution in [-0.4, -0.2) is 41.3 Å². The molecule has 2 heterocycles. The van der Waals surface area contributed by atoms with Crippen molar-refractivity contribution in [2.75, 3.05) is 18.5 Å². The molecule has 1 saturated heterocycles.